The van der Waals surface area contributed by atoms with E-state index < -0.39 is 5.25 Å². The summed E-state index contributed by atoms with van der Waals surface area (Å²) < 4.78 is 0. The van der Waals surface area contributed by atoms with Crippen molar-refractivity contribution in [3.05, 3.63) is 59.1 Å². The van der Waals surface area contributed by atoms with E-state index in [4.69, 9.17) is 11.6 Å². The van der Waals surface area contributed by atoms with Crippen LogP contribution in [0.15, 0.2) is 53.5 Å². The van der Waals surface area contributed by atoms with E-state index in [0.29, 0.717) is 15.9 Å². The molecule has 0 spiro atoms. The second kappa shape index (κ2) is 7.97. The molecule has 0 aromatic heterocycles. The molecule has 28 heavy (non-hydrogen) atoms. The number of carbonyl (C=O) groups is 2. The number of aryl methyl sites for hydroxylation is 1. The van der Waals surface area contributed by atoms with E-state index >= 15 is 0 Å². The molecule has 1 atom stereocenters. The second-order valence-electron chi connectivity index (χ2n) is 7.04. The summed E-state index contributed by atoms with van der Waals surface area (Å²) in [5.41, 5.74) is 2.57. The molecule has 2 aromatic carbocycles. The largest absolute Gasteiger partial charge is 0.326 e. The normalized spacial score (nSPS) is 20.6. The van der Waals surface area contributed by atoms with Crippen molar-refractivity contribution in [3.8, 4) is 0 Å². The maximum atomic E-state index is 12.9. The highest BCUT2D eigenvalue weighted by atomic mass is 35.5. The lowest BCUT2D eigenvalue weighted by atomic mass is 10.2. The van der Waals surface area contributed by atoms with Crippen LogP contribution in [0.25, 0.3) is 0 Å². The highest BCUT2D eigenvalue weighted by molar-refractivity contribution is 8.15. The first-order valence-corrected chi connectivity index (χ1v) is 10.5. The number of hydrogen-bond acceptors (Lipinski definition) is 4. The first-order valence-electron chi connectivity index (χ1n) is 9.20. The lowest BCUT2D eigenvalue weighted by Gasteiger charge is -2.15. The number of carbonyl (C=O) groups excluding carboxylic acids is 2. The van der Waals surface area contributed by atoms with Gasteiger partial charge < -0.3 is 5.32 Å². The first-order chi connectivity index (χ1) is 13.5. The minimum atomic E-state index is -0.455. The van der Waals surface area contributed by atoms with Gasteiger partial charge in [-0.05, 0) is 50.1 Å². The molecule has 1 aliphatic heterocycles. The Kier molecular flexibility index (Phi) is 5.42. The van der Waals surface area contributed by atoms with Gasteiger partial charge in [0.25, 0.3) is 0 Å². The SMILES string of the molecule is Cc1ccc(NC(=O)C[C@@H]2SC(=Nc3cccc(Cl)c3)N(C3CC3)C2=O)cc1. The zero-order chi connectivity index (χ0) is 19.7. The molecule has 0 bridgehead atoms. The Morgan fingerprint density at radius 1 is 1.25 bits per heavy atom. The number of amides is 2. The molecule has 7 heteroatoms. The molecule has 144 valence electrons. The predicted octanol–water partition coefficient (Wildman–Crippen LogP) is 4.77. The van der Waals surface area contributed by atoms with Crippen molar-refractivity contribution in [3.63, 3.8) is 0 Å². The molecule has 2 aromatic rings. The minimum absolute atomic E-state index is 0.0349. The number of nitrogens with one attached hydrogen (secondary N) is 1. The zero-order valence-electron chi connectivity index (χ0n) is 15.4. The fraction of sp³-hybridized carbons (Fsp3) is 0.286. The molecule has 0 unspecified atom stereocenters. The molecule has 1 aliphatic carbocycles. The number of anilines is 1. The van der Waals surface area contributed by atoms with Crippen molar-refractivity contribution < 1.29 is 9.59 Å². The van der Waals surface area contributed by atoms with Crippen molar-refractivity contribution in [2.45, 2.75) is 37.5 Å². The van der Waals surface area contributed by atoms with Crippen LogP contribution in [-0.4, -0.2) is 33.2 Å². The smallest absolute Gasteiger partial charge is 0.242 e. The summed E-state index contributed by atoms with van der Waals surface area (Å²) in [7, 11) is 0. The van der Waals surface area contributed by atoms with Gasteiger partial charge in [0.05, 0.1) is 5.69 Å². The van der Waals surface area contributed by atoms with E-state index in [1.165, 1.54) is 11.8 Å². The third-order valence-electron chi connectivity index (χ3n) is 4.62. The predicted molar refractivity (Wildman–Crippen MR) is 114 cm³/mol. The zero-order valence-corrected chi connectivity index (χ0v) is 17.0. The minimum Gasteiger partial charge on any atom is -0.326 e. The molecule has 1 heterocycles. The fourth-order valence-corrected chi connectivity index (χ4v) is 4.43. The Morgan fingerprint density at radius 2 is 2.00 bits per heavy atom. The molecule has 0 radical (unpaired) electrons. The van der Waals surface area contributed by atoms with Crippen LogP contribution in [0.2, 0.25) is 5.02 Å². The third kappa shape index (κ3) is 4.39. The number of rotatable bonds is 5. The fourth-order valence-electron chi connectivity index (χ4n) is 3.04. The lowest BCUT2D eigenvalue weighted by molar-refractivity contribution is -0.128. The third-order valence-corrected chi connectivity index (χ3v) is 6.00. The van der Waals surface area contributed by atoms with Crippen LogP contribution in [0.1, 0.15) is 24.8 Å². The molecule has 2 amide bonds. The van der Waals surface area contributed by atoms with Gasteiger partial charge in [-0.3, -0.25) is 14.5 Å². The Balaban J connectivity index is 1.48. The quantitative estimate of drug-likeness (QED) is 0.767. The van der Waals surface area contributed by atoms with Gasteiger partial charge in [-0.1, -0.05) is 47.1 Å². The molecule has 1 N–H and O–H groups in total. The average molecular weight is 414 g/mol. The molecule has 4 rings (SSSR count). The van der Waals surface area contributed by atoms with Gasteiger partial charge in [0, 0.05) is 23.2 Å². The summed E-state index contributed by atoms with van der Waals surface area (Å²) in [6, 6.07) is 15.0. The maximum Gasteiger partial charge on any atom is 0.242 e. The lowest BCUT2D eigenvalue weighted by Crippen LogP contribution is -2.35. The number of amidine groups is 1. The summed E-state index contributed by atoms with van der Waals surface area (Å²) in [5, 5.41) is 3.67. The number of hydrogen-bond donors (Lipinski definition) is 1. The van der Waals surface area contributed by atoms with Gasteiger partial charge in [-0.25, -0.2) is 4.99 Å². The molecular weight excluding hydrogens is 394 g/mol. The molecule has 1 saturated heterocycles. The van der Waals surface area contributed by atoms with Crippen LogP contribution < -0.4 is 5.32 Å². The van der Waals surface area contributed by atoms with Gasteiger partial charge in [-0.15, -0.1) is 0 Å². The molecule has 2 fully saturated rings. The Labute approximate surface area is 173 Å². The number of aliphatic imine (C=N–C) groups is 1. The molecule has 1 saturated carbocycles. The van der Waals surface area contributed by atoms with Gasteiger partial charge in [0.15, 0.2) is 5.17 Å². The van der Waals surface area contributed by atoms with E-state index in [2.05, 4.69) is 10.3 Å². The van der Waals surface area contributed by atoms with E-state index in [1.54, 1.807) is 17.0 Å². The van der Waals surface area contributed by atoms with Gasteiger partial charge >= 0.3 is 0 Å². The summed E-state index contributed by atoms with van der Waals surface area (Å²) in [6.45, 7) is 1.99. The van der Waals surface area contributed by atoms with E-state index in [1.807, 2.05) is 43.3 Å². The monoisotopic (exact) mass is 413 g/mol. The van der Waals surface area contributed by atoms with Gasteiger partial charge in [0.1, 0.15) is 5.25 Å². The van der Waals surface area contributed by atoms with Crippen LogP contribution >= 0.6 is 23.4 Å². The number of halogens is 1. The molecule has 5 nitrogen and oxygen atoms in total. The summed E-state index contributed by atoms with van der Waals surface area (Å²) in [6.07, 6.45) is 2.07. The Hall–Kier alpha value is -2.31. The number of benzene rings is 2. The average Bonchev–Trinajstić information content (AvgIpc) is 3.43. The Bertz CT molecular complexity index is 941. The van der Waals surface area contributed by atoms with Crippen molar-refractivity contribution in [1.82, 2.24) is 4.90 Å². The second-order valence-corrected chi connectivity index (χ2v) is 8.64. The molecule has 2 aliphatic rings. The standard InChI is InChI=1S/C21H20ClN3O2S/c1-13-5-7-15(8-6-13)23-19(26)12-18-20(27)25(17-9-10-17)21(28-18)24-16-4-2-3-14(22)11-16/h2-8,11,17-18H,9-10,12H2,1H3,(H,23,26)/t18-/m0/s1. The van der Waals surface area contributed by atoms with Crippen molar-refractivity contribution in [2.24, 2.45) is 4.99 Å². The van der Waals surface area contributed by atoms with Crippen LogP contribution in [0, 0.1) is 6.92 Å². The van der Waals surface area contributed by atoms with Gasteiger partial charge in [-0.2, -0.15) is 0 Å². The topological polar surface area (TPSA) is 61.8 Å². The van der Waals surface area contributed by atoms with Crippen molar-refractivity contribution in [1.29, 1.82) is 0 Å². The van der Waals surface area contributed by atoms with E-state index in [0.717, 1.165) is 24.1 Å². The first kappa shape index (κ1) is 19.0. The van der Waals surface area contributed by atoms with Crippen LogP contribution in [0.3, 0.4) is 0 Å². The number of nitrogens with zero attached hydrogens (tertiary/aromatic N) is 2. The van der Waals surface area contributed by atoms with Crippen molar-refractivity contribution in [2.75, 3.05) is 5.32 Å². The maximum absolute atomic E-state index is 12.9. The van der Waals surface area contributed by atoms with Crippen LogP contribution in [-0.2, 0) is 9.59 Å². The summed E-state index contributed by atoms with van der Waals surface area (Å²) >= 11 is 7.40. The number of thioether (sulfide) groups is 1. The molecular formula is C21H20ClN3O2S. The van der Waals surface area contributed by atoms with Gasteiger partial charge in [0.2, 0.25) is 11.8 Å². The van der Waals surface area contributed by atoms with E-state index in [-0.39, 0.29) is 24.3 Å². The highest BCUT2D eigenvalue weighted by Gasteiger charge is 2.46. The van der Waals surface area contributed by atoms with E-state index in [9.17, 15) is 9.59 Å². The van der Waals surface area contributed by atoms with Crippen LogP contribution in [0.5, 0.6) is 0 Å². The highest BCUT2D eigenvalue weighted by Crippen LogP contribution is 2.39. The van der Waals surface area contributed by atoms with Crippen LogP contribution in [0.4, 0.5) is 11.4 Å². The summed E-state index contributed by atoms with van der Waals surface area (Å²) in [5.74, 6) is -0.207. The Morgan fingerprint density at radius 3 is 2.68 bits per heavy atom. The summed E-state index contributed by atoms with van der Waals surface area (Å²) in [4.78, 5) is 31.7. The van der Waals surface area contributed by atoms with Crippen molar-refractivity contribution >= 4 is 51.7 Å².